The standard InChI is InChI=1S/C21H18F9N3O5/c22-19(23,24)10-36-14-5-6-16(37-11-20(25,26)27)15(9-14)17(34)31-7-8-32-18(35)33-12-1-3-13(4-2-12)38-21(28,29)30/h1-6,9H,7-8,10-11H2,(H,31,34)(H2,32,33,35). The summed E-state index contributed by atoms with van der Waals surface area (Å²) in [5, 5.41) is 6.82. The normalized spacial score (nSPS) is 11.9. The van der Waals surface area contributed by atoms with Crippen molar-refractivity contribution in [2.75, 3.05) is 31.6 Å². The van der Waals surface area contributed by atoms with Gasteiger partial charge >= 0.3 is 24.7 Å². The summed E-state index contributed by atoms with van der Waals surface area (Å²) >= 11 is 0. The lowest BCUT2D eigenvalue weighted by molar-refractivity contribution is -0.274. The molecule has 210 valence electrons. The van der Waals surface area contributed by atoms with E-state index in [0.29, 0.717) is 0 Å². The van der Waals surface area contributed by atoms with Gasteiger partial charge in [-0.3, -0.25) is 4.79 Å². The molecule has 2 aromatic carbocycles. The number of carbonyl (C=O) groups is 2. The molecule has 0 saturated heterocycles. The summed E-state index contributed by atoms with van der Waals surface area (Å²) in [6.45, 7) is -4.00. The second-order valence-corrected chi connectivity index (χ2v) is 7.17. The molecule has 0 aliphatic carbocycles. The highest BCUT2D eigenvalue weighted by Gasteiger charge is 2.31. The van der Waals surface area contributed by atoms with Crippen LogP contribution in [0.5, 0.6) is 17.2 Å². The van der Waals surface area contributed by atoms with E-state index >= 15 is 0 Å². The lowest BCUT2D eigenvalue weighted by atomic mass is 10.1. The molecule has 38 heavy (non-hydrogen) atoms. The fourth-order valence-corrected chi connectivity index (χ4v) is 2.59. The van der Waals surface area contributed by atoms with Gasteiger partial charge in [-0.25, -0.2) is 4.79 Å². The van der Waals surface area contributed by atoms with E-state index in [4.69, 9.17) is 0 Å². The first-order chi connectivity index (χ1) is 17.5. The highest BCUT2D eigenvalue weighted by molar-refractivity contribution is 5.97. The third kappa shape index (κ3) is 11.8. The summed E-state index contributed by atoms with van der Waals surface area (Å²) < 4.78 is 124. The van der Waals surface area contributed by atoms with E-state index in [1.54, 1.807) is 0 Å². The van der Waals surface area contributed by atoms with Crippen molar-refractivity contribution in [3.8, 4) is 17.2 Å². The molecule has 0 aliphatic rings. The Morgan fingerprint density at radius 2 is 1.26 bits per heavy atom. The van der Waals surface area contributed by atoms with E-state index in [0.717, 1.165) is 42.5 Å². The molecule has 0 saturated carbocycles. The fraction of sp³-hybridized carbons (Fsp3) is 0.333. The minimum Gasteiger partial charge on any atom is -0.484 e. The van der Waals surface area contributed by atoms with Crippen molar-refractivity contribution in [2.45, 2.75) is 18.7 Å². The minimum atomic E-state index is -4.89. The second kappa shape index (κ2) is 12.5. The topological polar surface area (TPSA) is 97.9 Å². The van der Waals surface area contributed by atoms with Crippen LogP contribution in [-0.2, 0) is 0 Å². The first kappa shape index (κ1) is 30.2. The summed E-state index contributed by atoms with van der Waals surface area (Å²) in [6, 6.07) is 5.82. The molecule has 0 heterocycles. The zero-order valence-electron chi connectivity index (χ0n) is 18.8. The second-order valence-electron chi connectivity index (χ2n) is 7.17. The number of ether oxygens (including phenoxy) is 3. The summed E-state index contributed by atoms with van der Waals surface area (Å²) in [5.74, 6) is -2.60. The molecule has 0 atom stereocenters. The van der Waals surface area contributed by atoms with Gasteiger partial charge in [0.2, 0.25) is 0 Å². The third-order valence-electron chi connectivity index (χ3n) is 4.03. The number of carbonyl (C=O) groups excluding carboxylic acids is 2. The van der Waals surface area contributed by atoms with Crippen LogP contribution in [0.1, 0.15) is 10.4 Å². The Balaban J connectivity index is 1.92. The average molecular weight is 563 g/mol. The molecule has 0 bridgehead atoms. The molecule has 2 aromatic rings. The number of benzene rings is 2. The van der Waals surface area contributed by atoms with E-state index in [2.05, 4.69) is 30.2 Å². The van der Waals surface area contributed by atoms with E-state index in [9.17, 15) is 49.1 Å². The van der Waals surface area contributed by atoms with Gasteiger partial charge in [-0.05, 0) is 42.5 Å². The number of amides is 3. The van der Waals surface area contributed by atoms with Crippen LogP contribution in [0, 0.1) is 0 Å². The highest BCUT2D eigenvalue weighted by Crippen LogP contribution is 2.28. The van der Waals surface area contributed by atoms with Gasteiger partial charge in [-0.1, -0.05) is 0 Å². The van der Waals surface area contributed by atoms with Gasteiger partial charge in [0.1, 0.15) is 17.2 Å². The maximum atomic E-state index is 12.5. The predicted octanol–water partition coefficient (Wildman–Crippen LogP) is 5.02. The number of urea groups is 1. The van der Waals surface area contributed by atoms with Crippen LogP contribution >= 0.6 is 0 Å². The third-order valence-corrected chi connectivity index (χ3v) is 4.03. The molecule has 2 rings (SSSR count). The first-order valence-electron chi connectivity index (χ1n) is 10.2. The molecular weight excluding hydrogens is 545 g/mol. The SMILES string of the molecule is O=C(NCCNC(=O)c1cc(OCC(F)(F)F)ccc1OCC(F)(F)F)Nc1ccc(OC(F)(F)F)cc1. The molecule has 17 heteroatoms. The molecule has 3 amide bonds. The van der Waals surface area contributed by atoms with Gasteiger partial charge < -0.3 is 30.2 Å². The van der Waals surface area contributed by atoms with Crippen LogP contribution in [0.4, 0.5) is 50.0 Å². The Kier molecular flexibility index (Phi) is 9.90. The molecule has 3 N–H and O–H groups in total. The maximum absolute atomic E-state index is 12.5. The number of nitrogens with one attached hydrogen (secondary N) is 3. The maximum Gasteiger partial charge on any atom is 0.573 e. The Morgan fingerprint density at radius 1 is 0.711 bits per heavy atom. The molecule has 0 aliphatic heterocycles. The Bertz CT molecular complexity index is 1090. The van der Waals surface area contributed by atoms with E-state index in [-0.39, 0.29) is 18.8 Å². The average Bonchev–Trinajstić information content (AvgIpc) is 2.78. The molecule has 8 nitrogen and oxygen atoms in total. The van der Waals surface area contributed by atoms with Crippen molar-refractivity contribution in [3.05, 3.63) is 48.0 Å². The van der Waals surface area contributed by atoms with Crippen molar-refractivity contribution >= 4 is 17.6 Å². The van der Waals surface area contributed by atoms with Gasteiger partial charge in [0.15, 0.2) is 13.2 Å². The van der Waals surface area contributed by atoms with Gasteiger partial charge in [0, 0.05) is 18.8 Å². The Labute approximate surface area is 208 Å². The number of rotatable bonds is 10. The van der Waals surface area contributed by atoms with Crippen LogP contribution < -0.4 is 30.2 Å². The molecule has 0 unspecified atom stereocenters. The van der Waals surface area contributed by atoms with Crippen molar-refractivity contribution in [1.82, 2.24) is 10.6 Å². The van der Waals surface area contributed by atoms with Crippen LogP contribution in [0.2, 0.25) is 0 Å². The summed E-state index contributed by atoms with van der Waals surface area (Å²) in [5.41, 5.74) is -0.456. The van der Waals surface area contributed by atoms with E-state index < -0.39 is 66.7 Å². The van der Waals surface area contributed by atoms with Crippen molar-refractivity contribution < 1.29 is 63.3 Å². The van der Waals surface area contributed by atoms with Crippen molar-refractivity contribution in [3.63, 3.8) is 0 Å². The smallest absolute Gasteiger partial charge is 0.484 e. The lowest BCUT2D eigenvalue weighted by Gasteiger charge is -2.15. The minimum absolute atomic E-state index is 0.100. The van der Waals surface area contributed by atoms with Gasteiger partial charge in [-0.15, -0.1) is 13.2 Å². The number of hydrogen-bond acceptors (Lipinski definition) is 5. The zero-order chi connectivity index (χ0) is 28.6. The number of alkyl halides is 9. The van der Waals surface area contributed by atoms with Crippen LogP contribution in [0.3, 0.4) is 0 Å². The molecule has 0 spiro atoms. The first-order valence-corrected chi connectivity index (χ1v) is 10.2. The monoisotopic (exact) mass is 563 g/mol. The van der Waals surface area contributed by atoms with E-state index in [1.807, 2.05) is 0 Å². The van der Waals surface area contributed by atoms with E-state index in [1.165, 1.54) is 0 Å². The largest absolute Gasteiger partial charge is 0.573 e. The molecule has 0 fully saturated rings. The molecular formula is C21H18F9N3O5. The van der Waals surface area contributed by atoms with Crippen molar-refractivity contribution in [1.29, 1.82) is 0 Å². The zero-order valence-corrected chi connectivity index (χ0v) is 18.8. The van der Waals surface area contributed by atoms with Gasteiger partial charge in [-0.2, -0.15) is 26.3 Å². The van der Waals surface area contributed by atoms with Crippen LogP contribution in [0.15, 0.2) is 42.5 Å². The summed E-state index contributed by atoms with van der Waals surface area (Å²) in [4.78, 5) is 24.3. The van der Waals surface area contributed by atoms with Crippen LogP contribution in [0.25, 0.3) is 0 Å². The van der Waals surface area contributed by atoms with Gasteiger partial charge in [0.25, 0.3) is 5.91 Å². The highest BCUT2D eigenvalue weighted by atomic mass is 19.4. The quantitative estimate of drug-likeness (QED) is 0.279. The number of halogens is 9. The molecule has 0 aromatic heterocycles. The van der Waals surface area contributed by atoms with Crippen molar-refractivity contribution in [2.24, 2.45) is 0 Å². The number of hydrogen-bond donors (Lipinski definition) is 3. The predicted molar refractivity (Wildman–Crippen MR) is 112 cm³/mol. The Morgan fingerprint density at radius 3 is 1.84 bits per heavy atom. The summed E-state index contributed by atoms with van der Waals surface area (Å²) in [7, 11) is 0. The number of anilines is 1. The Hall–Kier alpha value is -4.05. The molecule has 0 radical (unpaired) electrons. The van der Waals surface area contributed by atoms with Gasteiger partial charge in [0.05, 0.1) is 5.56 Å². The fourth-order valence-electron chi connectivity index (χ4n) is 2.59. The lowest BCUT2D eigenvalue weighted by Crippen LogP contribution is -2.37. The summed E-state index contributed by atoms with van der Waals surface area (Å²) in [6.07, 6.45) is -14.4. The van der Waals surface area contributed by atoms with Crippen LogP contribution in [-0.4, -0.2) is 57.0 Å².